The zero-order chi connectivity index (χ0) is 19.2. The van der Waals surface area contributed by atoms with E-state index in [4.69, 9.17) is 0 Å². The van der Waals surface area contributed by atoms with Crippen LogP contribution in [-0.2, 0) is 6.54 Å². The molecular weight excluding hydrogens is 376 g/mol. The molecule has 3 aromatic carbocycles. The van der Waals surface area contributed by atoms with Crippen molar-refractivity contribution < 1.29 is 0 Å². The van der Waals surface area contributed by atoms with Gasteiger partial charge in [-0.25, -0.2) is 0 Å². The van der Waals surface area contributed by atoms with Crippen molar-refractivity contribution in [3.8, 4) is 11.1 Å². The maximum absolute atomic E-state index is 3.29. The summed E-state index contributed by atoms with van der Waals surface area (Å²) in [7, 11) is 2.19. The van der Waals surface area contributed by atoms with Gasteiger partial charge in [0.2, 0.25) is 0 Å². The number of nitrogens with one attached hydrogen (secondary N) is 1. The van der Waals surface area contributed by atoms with E-state index in [-0.39, 0.29) is 12.4 Å². The minimum Gasteiger partial charge on any atom is -0.361 e. The summed E-state index contributed by atoms with van der Waals surface area (Å²) < 4.78 is 0. The van der Waals surface area contributed by atoms with E-state index in [1.165, 1.54) is 33.2 Å². The summed E-state index contributed by atoms with van der Waals surface area (Å²) in [5.74, 6) is 0. The van der Waals surface area contributed by atoms with E-state index >= 15 is 0 Å². The molecule has 1 aromatic heterocycles. The Morgan fingerprint density at radius 1 is 0.828 bits per heavy atom. The van der Waals surface area contributed by atoms with Crippen LogP contribution in [0.5, 0.6) is 0 Å². The number of halogens is 1. The van der Waals surface area contributed by atoms with Crippen LogP contribution in [0.25, 0.3) is 28.1 Å². The molecular formula is C26H27ClN2. The third-order valence-corrected chi connectivity index (χ3v) is 5.13. The Morgan fingerprint density at radius 3 is 2.38 bits per heavy atom. The molecule has 0 spiro atoms. The lowest BCUT2D eigenvalue weighted by Crippen LogP contribution is -2.18. The molecule has 0 saturated heterocycles. The standard InChI is InChI=1S/C26H26N2.ClH/c1-28(20-24-11-7-12-26-25(24)17-18-27-26)19-6-5-8-21-13-15-23(16-14-21)22-9-3-2-4-10-22;/h2-5,7-18,27H,6,19-20H2,1H3;1H/b8-5+;. The first-order valence-electron chi connectivity index (χ1n) is 9.85. The van der Waals surface area contributed by atoms with E-state index < -0.39 is 0 Å². The summed E-state index contributed by atoms with van der Waals surface area (Å²) in [6.45, 7) is 2.01. The predicted molar refractivity (Wildman–Crippen MR) is 127 cm³/mol. The van der Waals surface area contributed by atoms with Crippen molar-refractivity contribution in [2.24, 2.45) is 0 Å². The Balaban J connectivity index is 0.00000240. The minimum absolute atomic E-state index is 0. The van der Waals surface area contributed by atoms with Crippen molar-refractivity contribution in [1.82, 2.24) is 9.88 Å². The van der Waals surface area contributed by atoms with E-state index in [2.05, 4.69) is 108 Å². The van der Waals surface area contributed by atoms with Gasteiger partial charge in [0.05, 0.1) is 0 Å². The first-order chi connectivity index (χ1) is 13.8. The number of benzene rings is 3. The van der Waals surface area contributed by atoms with Gasteiger partial charge in [-0.3, -0.25) is 0 Å². The lowest BCUT2D eigenvalue weighted by atomic mass is 10.0. The third kappa shape index (κ3) is 5.38. The van der Waals surface area contributed by atoms with Crippen molar-refractivity contribution in [2.45, 2.75) is 13.0 Å². The van der Waals surface area contributed by atoms with E-state index in [0.29, 0.717) is 0 Å². The maximum atomic E-state index is 3.29. The highest BCUT2D eigenvalue weighted by atomic mass is 35.5. The summed E-state index contributed by atoms with van der Waals surface area (Å²) >= 11 is 0. The van der Waals surface area contributed by atoms with Gasteiger partial charge in [0.25, 0.3) is 0 Å². The van der Waals surface area contributed by atoms with Crippen LogP contribution >= 0.6 is 12.4 Å². The highest BCUT2D eigenvalue weighted by Crippen LogP contribution is 2.20. The summed E-state index contributed by atoms with van der Waals surface area (Å²) in [4.78, 5) is 5.67. The van der Waals surface area contributed by atoms with Crippen LogP contribution in [0.4, 0.5) is 0 Å². The SMILES string of the molecule is CN(CC/C=C/c1ccc(-c2ccccc2)cc1)Cc1cccc2[nH]ccc12.Cl. The van der Waals surface area contributed by atoms with Gasteiger partial charge in [0.15, 0.2) is 0 Å². The van der Waals surface area contributed by atoms with Crippen LogP contribution in [0.3, 0.4) is 0 Å². The first-order valence-corrected chi connectivity index (χ1v) is 9.85. The molecule has 1 N–H and O–H groups in total. The van der Waals surface area contributed by atoms with Gasteiger partial charge in [-0.1, -0.05) is 78.9 Å². The van der Waals surface area contributed by atoms with Crippen molar-refractivity contribution in [3.63, 3.8) is 0 Å². The molecule has 148 valence electrons. The van der Waals surface area contributed by atoms with Gasteiger partial charge in [0.1, 0.15) is 0 Å². The quantitative estimate of drug-likeness (QED) is 0.360. The number of fused-ring (bicyclic) bond motifs is 1. The smallest absolute Gasteiger partial charge is 0.0457 e. The van der Waals surface area contributed by atoms with Crippen LogP contribution in [-0.4, -0.2) is 23.5 Å². The molecule has 29 heavy (non-hydrogen) atoms. The summed E-state index contributed by atoms with van der Waals surface area (Å²) in [5, 5.41) is 1.32. The zero-order valence-electron chi connectivity index (χ0n) is 16.7. The number of hydrogen-bond acceptors (Lipinski definition) is 1. The lowest BCUT2D eigenvalue weighted by Gasteiger charge is -2.16. The molecule has 0 fully saturated rings. The number of H-pyrrole nitrogens is 1. The van der Waals surface area contributed by atoms with Crippen molar-refractivity contribution in [1.29, 1.82) is 0 Å². The Labute approximate surface area is 179 Å². The van der Waals surface area contributed by atoms with E-state index in [1.54, 1.807) is 0 Å². The molecule has 2 nitrogen and oxygen atoms in total. The molecule has 3 heteroatoms. The topological polar surface area (TPSA) is 19.0 Å². The highest BCUT2D eigenvalue weighted by molar-refractivity contribution is 5.85. The maximum Gasteiger partial charge on any atom is 0.0457 e. The molecule has 0 bridgehead atoms. The normalized spacial score (nSPS) is 11.2. The van der Waals surface area contributed by atoms with Gasteiger partial charge in [0, 0.05) is 30.2 Å². The van der Waals surface area contributed by atoms with Gasteiger partial charge in [-0.15, -0.1) is 12.4 Å². The molecule has 0 unspecified atom stereocenters. The second kappa shape index (κ2) is 10.1. The summed E-state index contributed by atoms with van der Waals surface area (Å²) in [5.41, 5.74) is 6.36. The second-order valence-corrected chi connectivity index (χ2v) is 7.27. The molecule has 0 aliphatic carbocycles. The van der Waals surface area contributed by atoms with Crippen molar-refractivity contribution in [2.75, 3.05) is 13.6 Å². The Kier molecular flexibility index (Phi) is 7.29. The Bertz CT molecular complexity index is 1050. The van der Waals surface area contributed by atoms with E-state index in [9.17, 15) is 0 Å². The number of rotatable bonds is 7. The fourth-order valence-corrected chi connectivity index (χ4v) is 3.59. The molecule has 0 radical (unpaired) electrons. The number of hydrogen-bond donors (Lipinski definition) is 1. The van der Waals surface area contributed by atoms with Gasteiger partial charge in [-0.05, 0) is 47.9 Å². The fourth-order valence-electron chi connectivity index (χ4n) is 3.59. The fraction of sp³-hybridized carbons (Fsp3) is 0.154. The summed E-state index contributed by atoms with van der Waals surface area (Å²) in [6, 6.07) is 27.9. The average molecular weight is 403 g/mol. The van der Waals surface area contributed by atoms with Gasteiger partial charge in [-0.2, -0.15) is 0 Å². The van der Waals surface area contributed by atoms with Gasteiger partial charge >= 0.3 is 0 Å². The Hall–Kier alpha value is -2.81. The van der Waals surface area contributed by atoms with Gasteiger partial charge < -0.3 is 9.88 Å². The average Bonchev–Trinajstić information content (AvgIpc) is 3.22. The van der Waals surface area contributed by atoms with Crippen molar-refractivity contribution in [3.05, 3.63) is 102 Å². The van der Waals surface area contributed by atoms with Crippen LogP contribution in [0, 0.1) is 0 Å². The van der Waals surface area contributed by atoms with E-state index in [0.717, 1.165) is 19.5 Å². The van der Waals surface area contributed by atoms with Crippen LogP contribution in [0.15, 0.2) is 91.1 Å². The monoisotopic (exact) mass is 402 g/mol. The molecule has 0 amide bonds. The van der Waals surface area contributed by atoms with Crippen LogP contribution in [0.2, 0.25) is 0 Å². The first kappa shape index (κ1) is 20.9. The minimum atomic E-state index is 0. The molecule has 0 aliphatic rings. The summed E-state index contributed by atoms with van der Waals surface area (Å²) in [6.07, 6.45) is 7.54. The second-order valence-electron chi connectivity index (χ2n) is 7.27. The molecule has 1 heterocycles. The molecule has 0 aliphatic heterocycles. The number of aromatic nitrogens is 1. The highest BCUT2D eigenvalue weighted by Gasteiger charge is 2.04. The van der Waals surface area contributed by atoms with E-state index in [1.807, 2.05) is 6.20 Å². The molecule has 0 atom stereocenters. The molecule has 4 aromatic rings. The largest absolute Gasteiger partial charge is 0.361 e. The molecule has 0 saturated carbocycles. The van der Waals surface area contributed by atoms with Crippen LogP contribution in [0.1, 0.15) is 17.5 Å². The Morgan fingerprint density at radius 2 is 1.59 bits per heavy atom. The third-order valence-electron chi connectivity index (χ3n) is 5.13. The number of aromatic amines is 1. The zero-order valence-corrected chi connectivity index (χ0v) is 17.5. The predicted octanol–water partition coefficient (Wildman–Crippen LogP) is 6.79. The van der Waals surface area contributed by atoms with Crippen molar-refractivity contribution >= 4 is 29.4 Å². The van der Waals surface area contributed by atoms with Crippen LogP contribution < -0.4 is 0 Å². The molecule has 4 rings (SSSR count). The lowest BCUT2D eigenvalue weighted by molar-refractivity contribution is 0.335. The number of nitrogens with zero attached hydrogens (tertiary/aromatic N) is 1.